The molecule has 0 spiro atoms. The first-order valence-electron chi connectivity index (χ1n) is 12.9. The van der Waals surface area contributed by atoms with Gasteiger partial charge in [0.25, 0.3) is 0 Å². The van der Waals surface area contributed by atoms with Crippen molar-refractivity contribution in [1.82, 2.24) is 9.21 Å². The minimum absolute atomic E-state index is 0.0698. The van der Waals surface area contributed by atoms with Crippen molar-refractivity contribution >= 4 is 35.5 Å². The summed E-state index contributed by atoms with van der Waals surface area (Å²) in [4.78, 5) is 25.5. The van der Waals surface area contributed by atoms with E-state index in [9.17, 15) is 14.7 Å². The lowest BCUT2D eigenvalue weighted by atomic mass is 9.86. The molecule has 2 fully saturated rings. The Hall–Kier alpha value is -2.26. The maximum absolute atomic E-state index is 12.4. The van der Waals surface area contributed by atoms with Crippen molar-refractivity contribution in [3.8, 4) is 11.5 Å². The molecule has 0 bridgehead atoms. The molecule has 2 saturated carbocycles. The zero-order chi connectivity index (χ0) is 25.2. The fourth-order valence-corrected chi connectivity index (χ4v) is 7.63. The van der Waals surface area contributed by atoms with Gasteiger partial charge in [-0.3, -0.25) is 9.10 Å². The summed E-state index contributed by atoms with van der Waals surface area (Å²) in [6.45, 7) is 0.528. The number of nitrogens with zero attached hydrogens (tertiary/aromatic N) is 2. The van der Waals surface area contributed by atoms with Crippen molar-refractivity contribution in [1.29, 1.82) is 0 Å². The Labute approximate surface area is 220 Å². The van der Waals surface area contributed by atoms with Crippen LogP contribution in [-0.2, 0) is 16.1 Å². The van der Waals surface area contributed by atoms with Gasteiger partial charge >= 0.3 is 11.9 Å². The average Bonchev–Trinajstić information content (AvgIpc) is 3.45. The quantitative estimate of drug-likeness (QED) is 0.405. The zero-order valence-electron chi connectivity index (χ0n) is 20.2. The first-order chi connectivity index (χ1) is 17.4. The fourth-order valence-electron chi connectivity index (χ4n) is 6.02. The van der Waals surface area contributed by atoms with Crippen molar-refractivity contribution in [3.05, 3.63) is 34.6 Å². The summed E-state index contributed by atoms with van der Waals surface area (Å²) < 4.78 is 13.2. The molecule has 8 nitrogen and oxygen atoms in total. The van der Waals surface area contributed by atoms with E-state index in [0.717, 1.165) is 56.9 Å². The van der Waals surface area contributed by atoms with Crippen molar-refractivity contribution in [3.63, 3.8) is 0 Å². The molecule has 36 heavy (non-hydrogen) atoms. The SMILES string of the molecule is O=C(O)CC1CCC(SN2C=C(C(=O)O)N(Cc3cc4c(cc3Cl)OCO4)C2C2CCCCC2)CC1. The highest BCUT2D eigenvalue weighted by molar-refractivity contribution is 7.97. The number of carboxylic acids is 2. The van der Waals surface area contributed by atoms with E-state index in [1.807, 2.05) is 11.0 Å². The van der Waals surface area contributed by atoms with Crippen LogP contribution >= 0.6 is 23.5 Å². The van der Waals surface area contributed by atoms with Gasteiger partial charge in [-0.2, -0.15) is 0 Å². The molecule has 1 aromatic rings. The standard InChI is InChI=1S/C26H33ClN2O6S/c27-20-12-23-22(34-15-35-23)11-18(20)13-28-21(26(32)33)14-29(25(28)17-4-2-1-3-5-17)36-19-8-6-16(7-9-19)10-24(30)31/h11-12,14,16-17,19,25H,1-10,13,15H2,(H,30,31)(H,32,33). The first-order valence-corrected chi connectivity index (χ1v) is 14.1. The molecule has 2 aliphatic heterocycles. The summed E-state index contributed by atoms with van der Waals surface area (Å²) in [5.74, 6) is 0.167. The summed E-state index contributed by atoms with van der Waals surface area (Å²) in [7, 11) is 0. The van der Waals surface area contributed by atoms with Gasteiger partial charge in [-0.25, -0.2) is 4.79 Å². The fraction of sp³-hybridized carbons (Fsp3) is 0.615. The van der Waals surface area contributed by atoms with E-state index in [2.05, 4.69) is 4.31 Å². The maximum Gasteiger partial charge on any atom is 0.353 e. The molecule has 0 aromatic heterocycles. The number of fused-ring (bicyclic) bond motifs is 1. The Morgan fingerprint density at radius 3 is 2.36 bits per heavy atom. The van der Waals surface area contributed by atoms with Gasteiger partial charge in [0.15, 0.2) is 11.5 Å². The molecule has 2 heterocycles. The van der Waals surface area contributed by atoms with Crippen molar-refractivity contribution in [2.24, 2.45) is 11.8 Å². The highest BCUT2D eigenvalue weighted by Gasteiger charge is 2.42. The van der Waals surface area contributed by atoms with Gasteiger partial charge in [0.1, 0.15) is 11.9 Å². The van der Waals surface area contributed by atoms with Gasteiger partial charge in [-0.15, -0.1) is 0 Å². The van der Waals surface area contributed by atoms with Crippen LogP contribution in [0.5, 0.6) is 11.5 Å². The molecule has 2 N–H and O–H groups in total. The van der Waals surface area contributed by atoms with Crippen molar-refractivity contribution in [2.75, 3.05) is 6.79 Å². The lowest BCUT2D eigenvalue weighted by Crippen LogP contribution is -2.44. The summed E-state index contributed by atoms with van der Waals surface area (Å²) in [6, 6.07) is 3.61. The van der Waals surface area contributed by atoms with Crippen molar-refractivity contribution in [2.45, 2.75) is 82.2 Å². The van der Waals surface area contributed by atoms with Gasteiger partial charge in [0.2, 0.25) is 6.79 Å². The number of benzene rings is 1. The van der Waals surface area contributed by atoms with Gasteiger partial charge in [-0.05, 0) is 73.9 Å². The minimum atomic E-state index is -0.944. The molecule has 0 saturated heterocycles. The molecule has 1 atom stereocenters. The predicted molar refractivity (Wildman–Crippen MR) is 137 cm³/mol. The Kier molecular flexibility index (Phi) is 7.76. The summed E-state index contributed by atoms with van der Waals surface area (Å²) in [5.41, 5.74) is 1.10. The number of halogens is 1. The van der Waals surface area contributed by atoms with Crippen molar-refractivity contribution < 1.29 is 29.3 Å². The Morgan fingerprint density at radius 2 is 1.69 bits per heavy atom. The Balaban J connectivity index is 1.37. The van der Waals surface area contributed by atoms with Gasteiger partial charge < -0.3 is 24.6 Å². The number of rotatable bonds is 8. The van der Waals surface area contributed by atoms with E-state index >= 15 is 0 Å². The van der Waals surface area contributed by atoms with Crippen LogP contribution in [0.25, 0.3) is 0 Å². The molecular formula is C26H33ClN2O6S. The normalized spacial score (nSPS) is 26.2. The molecule has 1 aromatic carbocycles. The topological polar surface area (TPSA) is 99.5 Å². The Bertz CT molecular complexity index is 1020. The molecule has 4 aliphatic rings. The lowest BCUT2D eigenvalue weighted by molar-refractivity contribution is -0.138. The van der Waals surface area contributed by atoms with E-state index in [1.165, 1.54) is 6.42 Å². The van der Waals surface area contributed by atoms with Crippen LogP contribution in [0.15, 0.2) is 24.0 Å². The monoisotopic (exact) mass is 536 g/mol. The number of aliphatic carboxylic acids is 2. The molecule has 2 aliphatic carbocycles. The maximum atomic E-state index is 12.4. The van der Waals surface area contributed by atoms with Crippen LogP contribution in [-0.4, -0.2) is 49.6 Å². The van der Waals surface area contributed by atoms with Crippen LogP contribution in [0.3, 0.4) is 0 Å². The lowest BCUT2D eigenvalue weighted by Gasteiger charge is -2.41. The largest absolute Gasteiger partial charge is 0.481 e. The van der Waals surface area contributed by atoms with E-state index in [0.29, 0.717) is 34.2 Å². The number of carboxylic acid groups (broad SMARTS) is 2. The summed E-state index contributed by atoms with van der Waals surface area (Å²) in [5, 5.41) is 20.2. The van der Waals surface area contributed by atoms with Crippen LogP contribution in [0.4, 0.5) is 0 Å². The van der Waals surface area contributed by atoms with Crippen LogP contribution < -0.4 is 9.47 Å². The minimum Gasteiger partial charge on any atom is -0.481 e. The number of hydrogen-bond donors (Lipinski definition) is 2. The van der Waals surface area contributed by atoms with Crippen LogP contribution in [0, 0.1) is 11.8 Å². The molecule has 1 unspecified atom stereocenters. The number of hydrogen-bond acceptors (Lipinski definition) is 7. The molecular weight excluding hydrogens is 504 g/mol. The summed E-state index contributed by atoms with van der Waals surface area (Å²) >= 11 is 8.34. The van der Waals surface area contributed by atoms with E-state index in [4.69, 9.17) is 26.2 Å². The molecule has 0 amide bonds. The second kappa shape index (κ2) is 11.0. The van der Waals surface area contributed by atoms with Crippen LogP contribution in [0.2, 0.25) is 5.02 Å². The number of ether oxygens (including phenoxy) is 2. The Morgan fingerprint density at radius 1 is 1.00 bits per heavy atom. The third-order valence-corrected chi connectivity index (χ3v) is 9.53. The summed E-state index contributed by atoms with van der Waals surface area (Å²) in [6.07, 6.45) is 11.3. The van der Waals surface area contributed by atoms with E-state index < -0.39 is 11.9 Å². The predicted octanol–water partition coefficient (Wildman–Crippen LogP) is 5.70. The average molecular weight is 537 g/mol. The van der Waals surface area contributed by atoms with E-state index in [1.54, 1.807) is 24.2 Å². The second-order valence-electron chi connectivity index (χ2n) is 10.3. The molecule has 10 heteroatoms. The third kappa shape index (κ3) is 5.52. The van der Waals surface area contributed by atoms with Gasteiger partial charge in [-0.1, -0.05) is 30.9 Å². The zero-order valence-corrected chi connectivity index (χ0v) is 21.8. The van der Waals surface area contributed by atoms with E-state index in [-0.39, 0.29) is 31.0 Å². The first kappa shape index (κ1) is 25.4. The van der Waals surface area contributed by atoms with Crippen LogP contribution in [0.1, 0.15) is 69.8 Å². The highest BCUT2D eigenvalue weighted by Crippen LogP contribution is 2.45. The van der Waals surface area contributed by atoms with Gasteiger partial charge in [0.05, 0.1) is 0 Å². The molecule has 5 rings (SSSR count). The number of carbonyl (C=O) groups is 2. The van der Waals surface area contributed by atoms with Gasteiger partial charge in [0, 0.05) is 35.5 Å². The second-order valence-corrected chi connectivity index (χ2v) is 12.0. The molecule has 196 valence electrons. The third-order valence-electron chi connectivity index (χ3n) is 7.84. The molecule has 0 radical (unpaired) electrons. The smallest absolute Gasteiger partial charge is 0.353 e. The highest BCUT2D eigenvalue weighted by atomic mass is 35.5.